The predicted octanol–water partition coefficient (Wildman–Crippen LogP) is 3.18. The molecule has 1 spiro atoms. The fourth-order valence-electron chi connectivity index (χ4n) is 3.87. The quantitative estimate of drug-likeness (QED) is 0.923. The molecule has 1 N–H and O–H groups in total. The average Bonchev–Trinajstić information content (AvgIpc) is 2.63. The fraction of sp³-hybridized carbons (Fsp3) is 0.350. The molecule has 0 bridgehead atoms. The van der Waals surface area contributed by atoms with Gasteiger partial charge in [0.1, 0.15) is 5.66 Å². The highest BCUT2D eigenvalue weighted by Crippen LogP contribution is 2.36. The topological polar surface area (TPSA) is 35.6 Å². The molecule has 0 aromatic heterocycles. The summed E-state index contributed by atoms with van der Waals surface area (Å²) in [7, 11) is 1.93. The van der Waals surface area contributed by atoms with E-state index in [1.165, 1.54) is 5.56 Å². The Morgan fingerprint density at radius 3 is 2.42 bits per heavy atom. The Bertz CT molecular complexity index is 736. The van der Waals surface area contributed by atoms with E-state index >= 15 is 0 Å². The summed E-state index contributed by atoms with van der Waals surface area (Å²) in [6.07, 6.45) is 1.88. The molecule has 2 aliphatic heterocycles. The normalized spacial score (nSPS) is 19.9. The standard InChI is InChI=1S/C20H23N3O/c1-22-19(24)17-9-5-6-10-18(17)21-20(22)11-13-23(14-12-20)15-16-7-3-2-4-8-16/h2-10,21H,11-15H2,1H3. The van der Waals surface area contributed by atoms with E-state index in [1.807, 2.05) is 36.2 Å². The van der Waals surface area contributed by atoms with Gasteiger partial charge in [-0.05, 0) is 17.7 Å². The van der Waals surface area contributed by atoms with E-state index in [0.29, 0.717) is 0 Å². The van der Waals surface area contributed by atoms with Gasteiger partial charge in [-0.2, -0.15) is 0 Å². The number of carbonyl (C=O) groups is 1. The first-order valence-electron chi connectivity index (χ1n) is 8.60. The molecule has 0 aliphatic carbocycles. The van der Waals surface area contributed by atoms with Gasteiger partial charge < -0.3 is 10.2 Å². The Balaban J connectivity index is 1.49. The number of anilines is 1. The van der Waals surface area contributed by atoms with E-state index in [-0.39, 0.29) is 11.6 Å². The van der Waals surface area contributed by atoms with Crippen LogP contribution >= 0.6 is 0 Å². The number of rotatable bonds is 2. The van der Waals surface area contributed by atoms with E-state index in [9.17, 15) is 4.79 Å². The zero-order valence-electron chi connectivity index (χ0n) is 14.0. The number of carbonyl (C=O) groups excluding carboxylic acids is 1. The maximum Gasteiger partial charge on any atom is 0.257 e. The van der Waals surface area contributed by atoms with E-state index in [0.717, 1.165) is 43.7 Å². The molecule has 24 heavy (non-hydrogen) atoms. The van der Waals surface area contributed by atoms with Crippen molar-refractivity contribution in [1.29, 1.82) is 0 Å². The van der Waals surface area contributed by atoms with Gasteiger partial charge in [0.2, 0.25) is 0 Å². The van der Waals surface area contributed by atoms with Gasteiger partial charge in [-0.15, -0.1) is 0 Å². The Kier molecular flexibility index (Phi) is 3.77. The van der Waals surface area contributed by atoms with Crippen LogP contribution in [0.3, 0.4) is 0 Å². The molecule has 0 atom stereocenters. The lowest BCUT2D eigenvalue weighted by Gasteiger charge is -2.51. The number of nitrogens with zero attached hydrogens (tertiary/aromatic N) is 2. The third-order valence-electron chi connectivity index (χ3n) is 5.40. The molecule has 2 heterocycles. The van der Waals surface area contributed by atoms with Crippen LogP contribution < -0.4 is 5.32 Å². The monoisotopic (exact) mass is 321 g/mol. The molecule has 2 aromatic rings. The second-order valence-corrected chi connectivity index (χ2v) is 6.83. The lowest BCUT2D eigenvalue weighted by molar-refractivity contribution is 0.0363. The van der Waals surface area contributed by atoms with Crippen LogP contribution in [0.15, 0.2) is 54.6 Å². The highest BCUT2D eigenvalue weighted by molar-refractivity contribution is 6.02. The number of para-hydroxylation sites is 1. The summed E-state index contributed by atoms with van der Waals surface area (Å²) in [6.45, 7) is 2.95. The molecule has 1 saturated heterocycles. The van der Waals surface area contributed by atoms with Crippen LogP contribution in [-0.2, 0) is 6.54 Å². The van der Waals surface area contributed by atoms with Gasteiger partial charge in [-0.25, -0.2) is 0 Å². The molecular weight excluding hydrogens is 298 g/mol. The van der Waals surface area contributed by atoms with Gasteiger partial charge in [0.05, 0.1) is 5.56 Å². The zero-order valence-corrected chi connectivity index (χ0v) is 14.0. The molecule has 1 fully saturated rings. The third kappa shape index (κ3) is 2.57. The Hall–Kier alpha value is -2.33. The van der Waals surface area contributed by atoms with Crippen LogP contribution in [-0.4, -0.2) is 41.5 Å². The number of benzene rings is 2. The molecule has 4 heteroatoms. The number of hydrogen-bond donors (Lipinski definition) is 1. The van der Waals surface area contributed by atoms with Crippen molar-refractivity contribution in [3.63, 3.8) is 0 Å². The minimum atomic E-state index is -0.251. The maximum absolute atomic E-state index is 12.7. The zero-order chi connectivity index (χ0) is 16.6. The summed E-state index contributed by atoms with van der Waals surface area (Å²) >= 11 is 0. The molecule has 2 aromatic carbocycles. The van der Waals surface area contributed by atoms with Gasteiger partial charge in [0.15, 0.2) is 0 Å². The summed E-state index contributed by atoms with van der Waals surface area (Å²) in [5.41, 5.74) is 2.84. The lowest BCUT2D eigenvalue weighted by atomic mass is 9.90. The van der Waals surface area contributed by atoms with Crippen LogP contribution in [0.5, 0.6) is 0 Å². The van der Waals surface area contributed by atoms with Crippen molar-refractivity contribution in [1.82, 2.24) is 9.80 Å². The van der Waals surface area contributed by atoms with Crippen LogP contribution in [0.25, 0.3) is 0 Å². The Morgan fingerprint density at radius 2 is 1.67 bits per heavy atom. The number of nitrogens with one attached hydrogen (secondary N) is 1. The minimum Gasteiger partial charge on any atom is -0.362 e. The number of hydrogen-bond acceptors (Lipinski definition) is 3. The van der Waals surface area contributed by atoms with E-state index in [1.54, 1.807) is 0 Å². The fourth-order valence-corrected chi connectivity index (χ4v) is 3.87. The lowest BCUT2D eigenvalue weighted by Crippen LogP contribution is -2.62. The van der Waals surface area contributed by atoms with Crippen molar-refractivity contribution in [2.75, 3.05) is 25.5 Å². The molecule has 124 valence electrons. The summed E-state index contributed by atoms with van der Waals surface area (Å²) in [5.74, 6) is 0.126. The number of amides is 1. The van der Waals surface area contributed by atoms with Crippen molar-refractivity contribution in [3.8, 4) is 0 Å². The number of fused-ring (bicyclic) bond motifs is 1. The highest BCUT2D eigenvalue weighted by atomic mass is 16.2. The van der Waals surface area contributed by atoms with Crippen LogP contribution in [0.4, 0.5) is 5.69 Å². The predicted molar refractivity (Wildman–Crippen MR) is 95.8 cm³/mol. The van der Waals surface area contributed by atoms with Gasteiger partial charge in [-0.3, -0.25) is 9.69 Å². The Morgan fingerprint density at radius 1 is 1.00 bits per heavy atom. The first-order valence-corrected chi connectivity index (χ1v) is 8.60. The first kappa shape index (κ1) is 15.2. The summed E-state index contributed by atoms with van der Waals surface area (Å²) in [6, 6.07) is 18.4. The SMILES string of the molecule is CN1C(=O)c2ccccc2NC12CCN(Cc1ccccc1)CC2. The van der Waals surface area contributed by atoms with Crippen LogP contribution in [0.1, 0.15) is 28.8 Å². The van der Waals surface area contributed by atoms with Crippen molar-refractivity contribution in [3.05, 3.63) is 65.7 Å². The van der Waals surface area contributed by atoms with E-state index in [4.69, 9.17) is 0 Å². The Labute approximate surface area is 143 Å². The molecule has 2 aliphatic rings. The van der Waals surface area contributed by atoms with E-state index < -0.39 is 0 Å². The van der Waals surface area contributed by atoms with Crippen LogP contribution in [0.2, 0.25) is 0 Å². The smallest absolute Gasteiger partial charge is 0.257 e. The second-order valence-electron chi connectivity index (χ2n) is 6.83. The van der Waals surface area contributed by atoms with Gasteiger partial charge in [0, 0.05) is 45.2 Å². The minimum absolute atomic E-state index is 0.126. The largest absolute Gasteiger partial charge is 0.362 e. The van der Waals surface area contributed by atoms with Gasteiger partial charge in [-0.1, -0.05) is 42.5 Å². The summed E-state index contributed by atoms with van der Waals surface area (Å²) in [5, 5.41) is 3.66. The highest BCUT2D eigenvalue weighted by Gasteiger charge is 2.44. The number of piperidine rings is 1. The second kappa shape index (κ2) is 5.95. The van der Waals surface area contributed by atoms with Crippen molar-refractivity contribution >= 4 is 11.6 Å². The van der Waals surface area contributed by atoms with Gasteiger partial charge in [0.25, 0.3) is 5.91 Å². The summed E-state index contributed by atoms with van der Waals surface area (Å²) < 4.78 is 0. The van der Waals surface area contributed by atoms with E-state index in [2.05, 4.69) is 40.5 Å². The van der Waals surface area contributed by atoms with Crippen molar-refractivity contribution in [2.24, 2.45) is 0 Å². The molecular formula is C20H23N3O. The molecule has 4 nitrogen and oxygen atoms in total. The molecule has 0 unspecified atom stereocenters. The molecule has 1 amide bonds. The van der Waals surface area contributed by atoms with Crippen LogP contribution in [0, 0.1) is 0 Å². The maximum atomic E-state index is 12.7. The first-order chi connectivity index (χ1) is 11.7. The third-order valence-corrected chi connectivity index (χ3v) is 5.40. The summed E-state index contributed by atoms with van der Waals surface area (Å²) in [4.78, 5) is 17.1. The van der Waals surface area contributed by atoms with Gasteiger partial charge >= 0.3 is 0 Å². The molecule has 0 saturated carbocycles. The average molecular weight is 321 g/mol. The van der Waals surface area contributed by atoms with Crippen molar-refractivity contribution in [2.45, 2.75) is 25.0 Å². The molecule has 0 radical (unpaired) electrons. The molecule has 4 rings (SSSR count). The number of likely N-dealkylation sites (tertiary alicyclic amines) is 1. The van der Waals surface area contributed by atoms with Crippen molar-refractivity contribution < 1.29 is 4.79 Å².